The van der Waals surface area contributed by atoms with Crippen molar-refractivity contribution in [2.75, 3.05) is 18.0 Å². The van der Waals surface area contributed by atoms with Crippen molar-refractivity contribution in [1.29, 1.82) is 0 Å². The van der Waals surface area contributed by atoms with Crippen LogP contribution >= 0.6 is 0 Å². The number of para-hydroxylation sites is 1. The third-order valence-corrected chi connectivity index (χ3v) is 4.62. The molecule has 3 rings (SSSR count). The highest BCUT2D eigenvalue weighted by Crippen LogP contribution is 2.19. The van der Waals surface area contributed by atoms with Crippen molar-refractivity contribution in [2.45, 2.75) is 26.8 Å². The number of benzene rings is 2. The SMILES string of the molecule is CC(C)CCNC(=O)CN(C(=O)Cn1nnc(-c2ccc(F)cc2)n1)c1ccccc1F. The zero-order valence-corrected chi connectivity index (χ0v) is 17.8. The lowest BCUT2D eigenvalue weighted by Crippen LogP contribution is -2.43. The molecule has 0 spiro atoms. The highest BCUT2D eigenvalue weighted by molar-refractivity contribution is 5.98. The quantitative estimate of drug-likeness (QED) is 0.550. The van der Waals surface area contributed by atoms with Crippen molar-refractivity contribution in [2.24, 2.45) is 5.92 Å². The summed E-state index contributed by atoms with van der Waals surface area (Å²) in [6, 6.07) is 11.2. The monoisotopic (exact) mass is 442 g/mol. The number of nitrogens with zero attached hydrogens (tertiary/aromatic N) is 5. The Bertz CT molecular complexity index is 1070. The van der Waals surface area contributed by atoms with E-state index in [9.17, 15) is 18.4 Å². The molecule has 8 nitrogen and oxygen atoms in total. The number of nitrogens with one attached hydrogen (secondary N) is 1. The van der Waals surface area contributed by atoms with Gasteiger partial charge in [-0.05, 0) is 54.0 Å². The summed E-state index contributed by atoms with van der Waals surface area (Å²) in [5.41, 5.74) is 0.510. The van der Waals surface area contributed by atoms with E-state index in [-0.39, 0.29) is 24.6 Å². The predicted octanol–water partition coefficient (Wildman–Crippen LogP) is 2.81. The van der Waals surface area contributed by atoms with Crippen LogP contribution in [-0.2, 0) is 16.1 Å². The summed E-state index contributed by atoms with van der Waals surface area (Å²) in [6.45, 7) is 3.82. The molecule has 1 aromatic heterocycles. The maximum absolute atomic E-state index is 14.4. The van der Waals surface area contributed by atoms with E-state index in [4.69, 9.17) is 0 Å². The molecule has 32 heavy (non-hydrogen) atoms. The van der Waals surface area contributed by atoms with Crippen molar-refractivity contribution in [3.63, 3.8) is 0 Å². The topological polar surface area (TPSA) is 93.0 Å². The number of halogens is 2. The van der Waals surface area contributed by atoms with E-state index < -0.39 is 23.4 Å². The predicted molar refractivity (Wildman–Crippen MR) is 114 cm³/mol. The average Bonchev–Trinajstić information content (AvgIpc) is 3.21. The fourth-order valence-corrected chi connectivity index (χ4v) is 2.91. The van der Waals surface area contributed by atoms with Crippen LogP contribution in [0.4, 0.5) is 14.5 Å². The fraction of sp³-hybridized carbons (Fsp3) is 0.318. The molecule has 0 atom stereocenters. The molecule has 0 unspecified atom stereocenters. The lowest BCUT2D eigenvalue weighted by Gasteiger charge is -2.22. The number of rotatable bonds is 9. The van der Waals surface area contributed by atoms with Crippen LogP contribution in [-0.4, -0.2) is 45.1 Å². The summed E-state index contributed by atoms with van der Waals surface area (Å²) < 4.78 is 27.5. The number of amides is 2. The highest BCUT2D eigenvalue weighted by atomic mass is 19.1. The Morgan fingerprint density at radius 1 is 1.09 bits per heavy atom. The number of carbonyl (C=O) groups is 2. The molecular weight excluding hydrogens is 418 g/mol. The molecule has 2 amide bonds. The molecule has 0 bridgehead atoms. The smallest absolute Gasteiger partial charge is 0.251 e. The van der Waals surface area contributed by atoms with Crippen molar-refractivity contribution in [3.05, 3.63) is 60.2 Å². The zero-order valence-electron chi connectivity index (χ0n) is 17.8. The molecule has 0 saturated heterocycles. The molecule has 0 saturated carbocycles. The van der Waals surface area contributed by atoms with Gasteiger partial charge in [0.25, 0.3) is 5.91 Å². The van der Waals surface area contributed by atoms with E-state index in [1.807, 2.05) is 13.8 Å². The lowest BCUT2D eigenvalue weighted by molar-refractivity contribution is -0.124. The van der Waals surface area contributed by atoms with Crippen LogP contribution in [0.15, 0.2) is 48.5 Å². The van der Waals surface area contributed by atoms with Gasteiger partial charge in [0, 0.05) is 12.1 Å². The summed E-state index contributed by atoms with van der Waals surface area (Å²) in [6.07, 6.45) is 0.786. The molecule has 1 heterocycles. The summed E-state index contributed by atoms with van der Waals surface area (Å²) in [5, 5.41) is 14.6. The van der Waals surface area contributed by atoms with Crippen molar-refractivity contribution in [3.8, 4) is 11.4 Å². The second-order valence-electron chi connectivity index (χ2n) is 7.61. The Morgan fingerprint density at radius 2 is 1.81 bits per heavy atom. The zero-order chi connectivity index (χ0) is 23.1. The van der Waals surface area contributed by atoms with Crippen molar-refractivity contribution in [1.82, 2.24) is 25.5 Å². The van der Waals surface area contributed by atoms with E-state index >= 15 is 0 Å². The number of tetrazole rings is 1. The number of carbonyl (C=O) groups excluding carboxylic acids is 2. The van der Waals surface area contributed by atoms with Gasteiger partial charge in [-0.3, -0.25) is 14.5 Å². The highest BCUT2D eigenvalue weighted by Gasteiger charge is 2.23. The van der Waals surface area contributed by atoms with Crippen LogP contribution in [0.5, 0.6) is 0 Å². The molecule has 10 heteroatoms. The molecule has 1 N–H and O–H groups in total. The molecule has 2 aromatic carbocycles. The summed E-state index contributed by atoms with van der Waals surface area (Å²) in [4.78, 5) is 27.5. The summed E-state index contributed by atoms with van der Waals surface area (Å²) in [7, 11) is 0. The van der Waals surface area contributed by atoms with Crippen LogP contribution in [0.3, 0.4) is 0 Å². The maximum Gasteiger partial charge on any atom is 0.251 e. The van der Waals surface area contributed by atoms with Gasteiger partial charge in [0.1, 0.15) is 24.7 Å². The third-order valence-electron chi connectivity index (χ3n) is 4.62. The number of hydrogen-bond acceptors (Lipinski definition) is 5. The number of hydrogen-bond donors (Lipinski definition) is 1. The largest absolute Gasteiger partial charge is 0.355 e. The van der Waals surface area contributed by atoms with E-state index in [2.05, 4.69) is 20.7 Å². The minimum absolute atomic E-state index is 0.0182. The standard InChI is InChI=1S/C22H24F2N6O2/c1-15(2)11-12-25-20(31)13-29(19-6-4-3-5-18(19)24)21(32)14-30-27-22(26-28-30)16-7-9-17(23)10-8-16/h3-10,15H,11-14H2,1-2H3,(H,25,31). The molecule has 0 fully saturated rings. The first kappa shape index (κ1) is 23.0. The third kappa shape index (κ3) is 6.16. The fourth-order valence-electron chi connectivity index (χ4n) is 2.91. The Balaban J connectivity index is 1.74. The minimum Gasteiger partial charge on any atom is -0.355 e. The van der Waals surface area contributed by atoms with Crippen LogP contribution < -0.4 is 10.2 Å². The Labute approximate surface area is 184 Å². The average molecular weight is 442 g/mol. The van der Waals surface area contributed by atoms with Crippen LogP contribution in [0.2, 0.25) is 0 Å². The van der Waals surface area contributed by atoms with E-state index in [0.29, 0.717) is 18.0 Å². The molecular formula is C22H24F2N6O2. The van der Waals surface area contributed by atoms with Crippen LogP contribution in [0, 0.1) is 17.6 Å². The maximum atomic E-state index is 14.4. The van der Waals surface area contributed by atoms with Gasteiger partial charge in [0.15, 0.2) is 0 Å². The first-order valence-corrected chi connectivity index (χ1v) is 10.2. The Kier molecular flexibility index (Phi) is 7.58. The first-order chi connectivity index (χ1) is 15.3. The first-order valence-electron chi connectivity index (χ1n) is 10.2. The second kappa shape index (κ2) is 10.6. The normalized spacial score (nSPS) is 10.9. The lowest BCUT2D eigenvalue weighted by atomic mass is 10.1. The van der Waals surface area contributed by atoms with E-state index in [1.54, 1.807) is 6.07 Å². The molecule has 168 valence electrons. The second-order valence-corrected chi connectivity index (χ2v) is 7.61. The van der Waals surface area contributed by atoms with Gasteiger partial charge in [0.2, 0.25) is 11.7 Å². The number of aromatic nitrogens is 4. The molecule has 0 aliphatic heterocycles. The molecule has 0 radical (unpaired) electrons. The minimum atomic E-state index is -0.630. The van der Waals surface area contributed by atoms with Gasteiger partial charge >= 0.3 is 0 Å². The van der Waals surface area contributed by atoms with Crippen molar-refractivity contribution < 1.29 is 18.4 Å². The number of anilines is 1. The molecule has 0 aliphatic carbocycles. The van der Waals surface area contributed by atoms with E-state index in [1.165, 1.54) is 42.5 Å². The van der Waals surface area contributed by atoms with Gasteiger partial charge < -0.3 is 5.32 Å². The van der Waals surface area contributed by atoms with Gasteiger partial charge in [-0.1, -0.05) is 26.0 Å². The summed E-state index contributed by atoms with van der Waals surface area (Å²) in [5.74, 6) is -1.40. The van der Waals surface area contributed by atoms with Gasteiger partial charge in [0.05, 0.1) is 5.69 Å². The van der Waals surface area contributed by atoms with Crippen LogP contribution in [0.1, 0.15) is 20.3 Å². The van der Waals surface area contributed by atoms with E-state index in [0.717, 1.165) is 16.1 Å². The Hall–Kier alpha value is -3.69. The Morgan fingerprint density at radius 3 is 2.50 bits per heavy atom. The van der Waals surface area contributed by atoms with Gasteiger partial charge in [-0.15, -0.1) is 10.2 Å². The summed E-state index contributed by atoms with van der Waals surface area (Å²) >= 11 is 0. The molecule has 3 aromatic rings. The van der Waals surface area contributed by atoms with Crippen molar-refractivity contribution >= 4 is 17.5 Å². The molecule has 0 aliphatic rings. The van der Waals surface area contributed by atoms with Gasteiger partial charge in [-0.2, -0.15) is 4.80 Å². The van der Waals surface area contributed by atoms with Crippen LogP contribution in [0.25, 0.3) is 11.4 Å². The van der Waals surface area contributed by atoms with Gasteiger partial charge in [-0.25, -0.2) is 8.78 Å².